The van der Waals surface area contributed by atoms with Crippen LogP contribution in [0.2, 0.25) is 0 Å². The fourth-order valence-electron chi connectivity index (χ4n) is 2.69. The van der Waals surface area contributed by atoms with E-state index < -0.39 is 0 Å². The topological polar surface area (TPSA) is 58.1 Å². The molecule has 7 heteroatoms. The second-order valence-electron chi connectivity index (χ2n) is 6.27. The van der Waals surface area contributed by atoms with Crippen LogP contribution < -0.4 is 10.6 Å². The van der Waals surface area contributed by atoms with Crippen LogP contribution in [0.25, 0.3) is 0 Å². The van der Waals surface area contributed by atoms with Gasteiger partial charge in [-0.2, -0.15) is 11.8 Å². The Kier molecular flexibility index (Phi) is 11.5. The summed E-state index contributed by atoms with van der Waals surface area (Å²) in [5.74, 6) is 0.919. The second kappa shape index (κ2) is 12.8. The van der Waals surface area contributed by atoms with Crippen molar-refractivity contribution in [2.45, 2.75) is 30.9 Å². The fraction of sp³-hybridized carbons (Fsp3) is 0.941. The summed E-state index contributed by atoms with van der Waals surface area (Å²) in [6, 6.07) is 0. The van der Waals surface area contributed by atoms with Gasteiger partial charge < -0.3 is 25.0 Å². The molecule has 0 aromatic heterocycles. The van der Waals surface area contributed by atoms with Crippen molar-refractivity contribution in [3.8, 4) is 0 Å². The lowest BCUT2D eigenvalue weighted by Crippen LogP contribution is -2.43. The van der Waals surface area contributed by atoms with E-state index in [0.717, 1.165) is 77.8 Å². The largest absolute Gasteiger partial charge is 0.385 e. The van der Waals surface area contributed by atoms with Crippen molar-refractivity contribution in [2.24, 2.45) is 4.99 Å². The third kappa shape index (κ3) is 8.55. The molecule has 0 aromatic carbocycles. The number of rotatable bonds is 11. The van der Waals surface area contributed by atoms with Gasteiger partial charge in [0.15, 0.2) is 5.96 Å². The summed E-state index contributed by atoms with van der Waals surface area (Å²) < 4.78 is 10.8. The smallest absolute Gasteiger partial charge is 0.191 e. The van der Waals surface area contributed by atoms with Crippen LogP contribution in [0, 0.1) is 0 Å². The maximum Gasteiger partial charge on any atom is 0.191 e. The van der Waals surface area contributed by atoms with Crippen LogP contribution in [0.4, 0.5) is 0 Å². The van der Waals surface area contributed by atoms with Crippen LogP contribution in [-0.4, -0.2) is 88.6 Å². The standard InChI is InChI=1S/C17H36N4O2S/c1-5-18-16(19-9-11-21(2)10-6-12-22-3)20-15-17(24-4)7-13-23-14-8-17/h5-15H2,1-4H3,(H2,18,19,20). The Bertz CT molecular complexity index is 349. The number of hydrogen-bond acceptors (Lipinski definition) is 5. The zero-order chi connectivity index (χ0) is 17.7. The van der Waals surface area contributed by atoms with Gasteiger partial charge in [0.2, 0.25) is 0 Å². The molecular weight excluding hydrogens is 324 g/mol. The predicted molar refractivity (Wildman–Crippen MR) is 104 cm³/mol. The third-order valence-corrected chi connectivity index (χ3v) is 5.78. The molecule has 1 fully saturated rings. The molecule has 1 aliphatic rings. The zero-order valence-electron chi connectivity index (χ0n) is 15.9. The number of aliphatic imine (C=N–C) groups is 1. The van der Waals surface area contributed by atoms with Gasteiger partial charge in [0, 0.05) is 57.9 Å². The summed E-state index contributed by atoms with van der Waals surface area (Å²) in [5.41, 5.74) is 0. The highest BCUT2D eigenvalue weighted by atomic mass is 32.2. The van der Waals surface area contributed by atoms with Gasteiger partial charge >= 0.3 is 0 Å². The van der Waals surface area contributed by atoms with Crippen LogP contribution in [0.5, 0.6) is 0 Å². The first-order valence-corrected chi connectivity index (χ1v) is 10.2. The Morgan fingerprint density at radius 3 is 2.67 bits per heavy atom. The van der Waals surface area contributed by atoms with E-state index in [2.05, 4.69) is 35.8 Å². The number of thioether (sulfide) groups is 1. The highest BCUT2D eigenvalue weighted by Gasteiger charge is 2.31. The van der Waals surface area contributed by atoms with Crippen LogP contribution in [0.15, 0.2) is 4.99 Å². The lowest BCUT2D eigenvalue weighted by atomic mass is 9.99. The zero-order valence-corrected chi connectivity index (χ0v) is 16.7. The molecule has 0 saturated carbocycles. The average Bonchev–Trinajstić information content (AvgIpc) is 2.61. The number of methoxy groups -OCH3 is 1. The number of likely N-dealkylation sites (N-methyl/N-ethyl adjacent to an activating group) is 1. The minimum Gasteiger partial charge on any atom is -0.385 e. The van der Waals surface area contributed by atoms with Crippen LogP contribution in [0.3, 0.4) is 0 Å². The molecule has 0 atom stereocenters. The lowest BCUT2D eigenvalue weighted by molar-refractivity contribution is 0.0794. The molecule has 0 unspecified atom stereocenters. The molecule has 0 spiro atoms. The number of hydrogen-bond donors (Lipinski definition) is 2. The monoisotopic (exact) mass is 360 g/mol. The van der Waals surface area contributed by atoms with E-state index in [0.29, 0.717) is 0 Å². The van der Waals surface area contributed by atoms with E-state index in [1.54, 1.807) is 7.11 Å². The molecule has 0 radical (unpaired) electrons. The molecule has 1 heterocycles. The first-order chi connectivity index (χ1) is 11.7. The molecule has 1 saturated heterocycles. The van der Waals surface area contributed by atoms with Gasteiger partial charge in [0.1, 0.15) is 0 Å². The van der Waals surface area contributed by atoms with Crippen molar-refractivity contribution in [2.75, 3.05) is 73.0 Å². The Labute approximate surface area is 152 Å². The first-order valence-electron chi connectivity index (χ1n) is 8.98. The quantitative estimate of drug-likeness (QED) is 0.330. The van der Waals surface area contributed by atoms with E-state index in [1.807, 2.05) is 11.8 Å². The first kappa shape index (κ1) is 21.5. The van der Waals surface area contributed by atoms with Crippen LogP contribution >= 0.6 is 11.8 Å². The molecule has 1 aliphatic heterocycles. The van der Waals surface area contributed by atoms with Crippen molar-refractivity contribution >= 4 is 17.7 Å². The van der Waals surface area contributed by atoms with Gasteiger partial charge in [0.05, 0.1) is 6.54 Å². The summed E-state index contributed by atoms with van der Waals surface area (Å²) in [6.45, 7) is 9.30. The van der Waals surface area contributed by atoms with Crippen molar-refractivity contribution in [3.05, 3.63) is 0 Å². The Balaban J connectivity index is 2.38. The van der Waals surface area contributed by atoms with Gasteiger partial charge in [-0.05, 0) is 39.5 Å². The second-order valence-corrected chi connectivity index (χ2v) is 7.55. The Morgan fingerprint density at radius 1 is 1.29 bits per heavy atom. The maximum atomic E-state index is 5.50. The molecule has 6 nitrogen and oxygen atoms in total. The highest BCUT2D eigenvalue weighted by molar-refractivity contribution is 8.00. The van der Waals surface area contributed by atoms with Gasteiger partial charge in [0.25, 0.3) is 0 Å². The van der Waals surface area contributed by atoms with Gasteiger partial charge in [-0.25, -0.2) is 0 Å². The normalized spacial score (nSPS) is 18.0. The minimum atomic E-state index is 0.234. The fourth-order valence-corrected chi connectivity index (χ4v) is 3.46. The SMILES string of the molecule is CCNC(=NCC1(SC)CCOCC1)NCCN(C)CCCOC. The summed E-state index contributed by atoms with van der Waals surface area (Å²) >= 11 is 1.93. The average molecular weight is 361 g/mol. The summed E-state index contributed by atoms with van der Waals surface area (Å²) in [5, 5.41) is 6.80. The minimum absolute atomic E-state index is 0.234. The summed E-state index contributed by atoms with van der Waals surface area (Å²) in [6.07, 6.45) is 5.42. The molecule has 142 valence electrons. The van der Waals surface area contributed by atoms with Crippen LogP contribution in [0.1, 0.15) is 26.2 Å². The molecule has 0 bridgehead atoms. The third-order valence-electron chi connectivity index (χ3n) is 4.38. The molecule has 24 heavy (non-hydrogen) atoms. The molecule has 0 amide bonds. The number of guanidine groups is 1. The van der Waals surface area contributed by atoms with Gasteiger partial charge in [-0.15, -0.1) is 0 Å². The maximum absolute atomic E-state index is 5.50. The van der Waals surface area contributed by atoms with Crippen LogP contribution in [-0.2, 0) is 9.47 Å². The lowest BCUT2D eigenvalue weighted by Gasteiger charge is -2.34. The molecule has 1 rings (SSSR count). The Morgan fingerprint density at radius 2 is 2.04 bits per heavy atom. The highest BCUT2D eigenvalue weighted by Crippen LogP contribution is 2.33. The summed E-state index contributed by atoms with van der Waals surface area (Å²) in [7, 11) is 3.90. The van der Waals surface area contributed by atoms with Crippen molar-refractivity contribution in [3.63, 3.8) is 0 Å². The molecule has 0 aromatic rings. The van der Waals surface area contributed by atoms with Crippen molar-refractivity contribution in [1.29, 1.82) is 0 Å². The van der Waals surface area contributed by atoms with E-state index in [4.69, 9.17) is 14.5 Å². The predicted octanol–water partition coefficient (Wildman–Crippen LogP) is 1.42. The number of ether oxygens (including phenoxy) is 2. The van der Waals surface area contributed by atoms with Gasteiger partial charge in [-0.1, -0.05) is 0 Å². The van der Waals surface area contributed by atoms with Crippen molar-refractivity contribution in [1.82, 2.24) is 15.5 Å². The molecular formula is C17H36N4O2S. The van der Waals surface area contributed by atoms with E-state index in [1.165, 1.54) is 0 Å². The Hall–Kier alpha value is -0.500. The van der Waals surface area contributed by atoms with E-state index >= 15 is 0 Å². The summed E-state index contributed by atoms with van der Waals surface area (Å²) in [4.78, 5) is 7.15. The molecule has 2 N–H and O–H groups in total. The van der Waals surface area contributed by atoms with E-state index in [-0.39, 0.29) is 4.75 Å². The van der Waals surface area contributed by atoms with Gasteiger partial charge in [-0.3, -0.25) is 4.99 Å². The van der Waals surface area contributed by atoms with Crippen molar-refractivity contribution < 1.29 is 9.47 Å². The number of nitrogens with one attached hydrogen (secondary N) is 2. The molecule has 0 aliphatic carbocycles. The van der Waals surface area contributed by atoms with E-state index in [9.17, 15) is 0 Å². The number of nitrogens with zero attached hydrogens (tertiary/aromatic N) is 2.